The smallest absolute Gasteiger partial charge is 0.214 e. The monoisotopic (exact) mass is 343 g/mol. The van der Waals surface area contributed by atoms with E-state index in [9.17, 15) is 17.9 Å². The minimum atomic E-state index is -3.20. The van der Waals surface area contributed by atoms with Gasteiger partial charge in [0.15, 0.2) is 0 Å². The molecule has 130 valence electrons. The predicted molar refractivity (Wildman–Crippen MR) is 88.9 cm³/mol. The number of hydrogen-bond acceptors (Lipinski definition) is 3. The molecule has 1 N–H and O–H groups in total. The van der Waals surface area contributed by atoms with Crippen LogP contribution in [-0.4, -0.2) is 36.7 Å². The van der Waals surface area contributed by atoms with Gasteiger partial charge in [-0.15, -0.1) is 0 Å². The Morgan fingerprint density at radius 2 is 1.78 bits per heavy atom. The van der Waals surface area contributed by atoms with Gasteiger partial charge in [-0.05, 0) is 48.8 Å². The van der Waals surface area contributed by atoms with Gasteiger partial charge in [0.25, 0.3) is 0 Å². The number of sulfonamides is 1. The maximum absolute atomic E-state index is 12.9. The van der Waals surface area contributed by atoms with Crippen molar-refractivity contribution in [3.63, 3.8) is 0 Å². The van der Waals surface area contributed by atoms with Gasteiger partial charge in [0.1, 0.15) is 5.82 Å². The molecule has 2 rings (SSSR count). The van der Waals surface area contributed by atoms with Crippen LogP contribution in [0.15, 0.2) is 24.3 Å². The summed E-state index contributed by atoms with van der Waals surface area (Å²) in [5, 5.41) is 10.4. The van der Waals surface area contributed by atoms with Crippen LogP contribution in [0, 0.1) is 17.7 Å². The summed E-state index contributed by atoms with van der Waals surface area (Å²) >= 11 is 0. The third kappa shape index (κ3) is 4.99. The highest BCUT2D eigenvalue weighted by atomic mass is 32.2. The van der Waals surface area contributed by atoms with Gasteiger partial charge in [0.05, 0.1) is 11.9 Å². The van der Waals surface area contributed by atoms with Gasteiger partial charge < -0.3 is 5.11 Å². The van der Waals surface area contributed by atoms with Crippen molar-refractivity contribution in [3.05, 3.63) is 35.6 Å². The summed E-state index contributed by atoms with van der Waals surface area (Å²) in [6.45, 7) is 4.92. The molecule has 1 aromatic carbocycles. The molecule has 1 aliphatic rings. The number of hydrogen-bond donors (Lipinski definition) is 1. The number of aliphatic hydroxyl groups excluding tert-OH is 1. The zero-order valence-electron chi connectivity index (χ0n) is 13.8. The molecule has 0 aromatic heterocycles. The van der Waals surface area contributed by atoms with E-state index in [1.165, 1.54) is 12.1 Å². The molecule has 0 amide bonds. The molecule has 6 heteroatoms. The molecule has 1 heterocycles. The highest BCUT2D eigenvalue weighted by Gasteiger charge is 2.31. The van der Waals surface area contributed by atoms with E-state index in [1.807, 2.05) is 13.8 Å². The van der Waals surface area contributed by atoms with Crippen LogP contribution < -0.4 is 0 Å². The molecule has 1 fully saturated rings. The quantitative estimate of drug-likeness (QED) is 0.864. The lowest BCUT2D eigenvalue weighted by molar-refractivity contribution is 0.0760. The van der Waals surface area contributed by atoms with E-state index >= 15 is 0 Å². The summed E-state index contributed by atoms with van der Waals surface area (Å²) in [5.41, 5.74) is 0.688. The lowest BCUT2D eigenvalue weighted by atomic mass is 9.88. The second-order valence-electron chi connectivity index (χ2n) is 6.73. The first-order valence-corrected chi connectivity index (χ1v) is 9.82. The van der Waals surface area contributed by atoms with Crippen LogP contribution in [0.3, 0.4) is 0 Å². The second kappa shape index (κ2) is 7.73. The van der Waals surface area contributed by atoms with Crippen LogP contribution in [0.25, 0.3) is 0 Å². The van der Waals surface area contributed by atoms with Crippen molar-refractivity contribution >= 4 is 10.0 Å². The molecule has 4 nitrogen and oxygen atoms in total. The van der Waals surface area contributed by atoms with Crippen LogP contribution in [-0.2, 0) is 10.0 Å². The lowest BCUT2D eigenvalue weighted by Gasteiger charge is -2.33. The molecule has 0 saturated carbocycles. The van der Waals surface area contributed by atoms with Crippen molar-refractivity contribution in [1.82, 2.24) is 4.31 Å². The molecule has 1 aromatic rings. The topological polar surface area (TPSA) is 57.6 Å². The van der Waals surface area contributed by atoms with E-state index < -0.39 is 16.1 Å². The Morgan fingerprint density at radius 3 is 2.30 bits per heavy atom. The molecular weight excluding hydrogens is 317 g/mol. The van der Waals surface area contributed by atoms with Crippen molar-refractivity contribution in [1.29, 1.82) is 0 Å². The molecule has 0 aliphatic carbocycles. The SMILES string of the molecule is CC(C)CCS(=O)(=O)N1CCC(C(O)c2ccc(F)cc2)CC1. The fourth-order valence-corrected chi connectivity index (χ4v) is 4.71. The lowest BCUT2D eigenvalue weighted by Crippen LogP contribution is -2.41. The van der Waals surface area contributed by atoms with Crippen molar-refractivity contribution in [2.24, 2.45) is 11.8 Å². The van der Waals surface area contributed by atoms with Crippen molar-refractivity contribution in [2.45, 2.75) is 39.2 Å². The Hall–Kier alpha value is -0.980. The Labute approximate surface area is 138 Å². The van der Waals surface area contributed by atoms with Crippen LogP contribution in [0.4, 0.5) is 4.39 Å². The fraction of sp³-hybridized carbons (Fsp3) is 0.647. The Morgan fingerprint density at radius 1 is 1.22 bits per heavy atom. The van der Waals surface area contributed by atoms with Gasteiger partial charge in [0, 0.05) is 13.1 Å². The average molecular weight is 343 g/mol. The zero-order valence-corrected chi connectivity index (χ0v) is 14.6. The first kappa shape index (κ1) is 18.4. The predicted octanol–water partition coefficient (Wildman–Crippen LogP) is 2.95. The summed E-state index contributed by atoms with van der Waals surface area (Å²) < 4.78 is 39.1. The first-order chi connectivity index (χ1) is 10.8. The van der Waals surface area contributed by atoms with Crippen LogP contribution in [0.1, 0.15) is 44.8 Å². The minimum absolute atomic E-state index is 0.0111. The summed E-state index contributed by atoms with van der Waals surface area (Å²) in [4.78, 5) is 0. The first-order valence-electron chi connectivity index (χ1n) is 8.21. The minimum Gasteiger partial charge on any atom is -0.388 e. The molecule has 0 bridgehead atoms. The Kier molecular flexibility index (Phi) is 6.17. The fourth-order valence-electron chi connectivity index (χ4n) is 2.92. The molecule has 1 unspecified atom stereocenters. The van der Waals surface area contributed by atoms with E-state index in [1.54, 1.807) is 16.4 Å². The Bertz CT molecular complexity index is 593. The molecule has 1 saturated heterocycles. The van der Waals surface area contributed by atoms with Crippen molar-refractivity contribution in [2.75, 3.05) is 18.8 Å². The molecule has 0 spiro atoms. The summed E-state index contributed by atoms with van der Waals surface area (Å²) in [7, 11) is -3.20. The van der Waals surface area contributed by atoms with E-state index in [2.05, 4.69) is 0 Å². The number of rotatable bonds is 6. The average Bonchev–Trinajstić information content (AvgIpc) is 2.53. The highest BCUT2D eigenvalue weighted by Crippen LogP contribution is 2.31. The highest BCUT2D eigenvalue weighted by molar-refractivity contribution is 7.89. The molecular formula is C17H26FNO3S. The number of aliphatic hydroxyl groups is 1. The van der Waals surface area contributed by atoms with Gasteiger partial charge in [-0.2, -0.15) is 0 Å². The van der Waals surface area contributed by atoms with Gasteiger partial charge in [-0.3, -0.25) is 0 Å². The van der Waals surface area contributed by atoms with E-state index in [0.717, 1.165) is 0 Å². The maximum atomic E-state index is 12.9. The van der Waals surface area contributed by atoms with E-state index in [0.29, 0.717) is 43.8 Å². The standard InChI is InChI=1S/C17H26FNO3S/c1-13(2)9-12-23(21,22)19-10-7-15(8-11-19)17(20)14-3-5-16(18)6-4-14/h3-6,13,15,17,20H,7-12H2,1-2H3. The maximum Gasteiger partial charge on any atom is 0.214 e. The number of nitrogens with zero attached hydrogens (tertiary/aromatic N) is 1. The van der Waals surface area contributed by atoms with E-state index in [-0.39, 0.29) is 17.5 Å². The second-order valence-corrected chi connectivity index (χ2v) is 8.82. The molecule has 1 atom stereocenters. The van der Waals surface area contributed by atoms with Crippen molar-refractivity contribution < 1.29 is 17.9 Å². The van der Waals surface area contributed by atoms with Crippen LogP contribution >= 0.6 is 0 Å². The van der Waals surface area contributed by atoms with E-state index in [4.69, 9.17) is 0 Å². The molecule has 1 aliphatic heterocycles. The van der Waals surface area contributed by atoms with Gasteiger partial charge >= 0.3 is 0 Å². The Balaban J connectivity index is 1.91. The largest absolute Gasteiger partial charge is 0.388 e. The summed E-state index contributed by atoms with van der Waals surface area (Å²) in [6, 6.07) is 5.85. The normalized spacial score (nSPS) is 19.2. The third-order valence-corrected chi connectivity index (χ3v) is 6.41. The number of piperidine rings is 1. The van der Waals surface area contributed by atoms with Gasteiger partial charge in [-0.1, -0.05) is 26.0 Å². The molecule has 23 heavy (non-hydrogen) atoms. The molecule has 0 radical (unpaired) electrons. The third-order valence-electron chi connectivity index (χ3n) is 4.50. The zero-order chi connectivity index (χ0) is 17.0. The van der Waals surface area contributed by atoms with Crippen LogP contribution in [0.5, 0.6) is 0 Å². The van der Waals surface area contributed by atoms with Crippen molar-refractivity contribution in [3.8, 4) is 0 Å². The van der Waals surface area contributed by atoms with Crippen LogP contribution in [0.2, 0.25) is 0 Å². The number of benzene rings is 1. The van der Waals surface area contributed by atoms with Gasteiger partial charge in [-0.25, -0.2) is 17.1 Å². The van der Waals surface area contributed by atoms with Gasteiger partial charge in [0.2, 0.25) is 10.0 Å². The number of halogens is 1. The summed E-state index contributed by atoms with van der Waals surface area (Å²) in [6.07, 6.45) is 1.25. The summed E-state index contributed by atoms with van der Waals surface area (Å²) in [5.74, 6) is 0.238.